The van der Waals surface area contributed by atoms with E-state index in [0.29, 0.717) is 6.54 Å². The summed E-state index contributed by atoms with van der Waals surface area (Å²) >= 11 is 0. The Balaban J connectivity index is 1.49. The van der Waals surface area contributed by atoms with Gasteiger partial charge in [-0.15, -0.1) is 0 Å². The van der Waals surface area contributed by atoms with Gasteiger partial charge in [0.25, 0.3) is 0 Å². The van der Waals surface area contributed by atoms with Crippen molar-refractivity contribution in [3.63, 3.8) is 0 Å². The Morgan fingerprint density at radius 3 is 2.37 bits per heavy atom. The van der Waals surface area contributed by atoms with Crippen LogP contribution in [0.1, 0.15) is 35.1 Å². The van der Waals surface area contributed by atoms with Crippen LogP contribution in [0.5, 0.6) is 5.75 Å². The lowest BCUT2D eigenvalue weighted by atomic mass is 10.1. The van der Waals surface area contributed by atoms with Crippen LogP contribution in [0, 0.1) is 27.7 Å². The van der Waals surface area contributed by atoms with Gasteiger partial charge in [-0.05, 0) is 68.9 Å². The van der Waals surface area contributed by atoms with Crippen LogP contribution in [-0.2, 0) is 4.79 Å². The standard InChI is InChI=1S/C23H30N2O2/c1-16-8-9-17(2)21(14-16)27-20-10-12-25(13-11-20)15-22(26)24-23-18(3)6-5-7-19(23)4/h5-9,14,20H,10-13,15H2,1-4H3,(H,24,26). The molecule has 1 saturated heterocycles. The van der Waals surface area contributed by atoms with Gasteiger partial charge in [0, 0.05) is 18.8 Å². The van der Waals surface area contributed by atoms with Crippen LogP contribution in [0.15, 0.2) is 36.4 Å². The molecule has 0 bridgehead atoms. The molecule has 3 rings (SSSR count). The first-order valence-corrected chi connectivity index (χ1v) is 9.74. The Hall–Kier alpha value is -2.33. The molecular weight excluding hydrogens is 336 g/mol. The van der Waals surface area contributed by atoms with Crippen LogP contribution >= 0.6 is 0 Å². The lowest BCUT2D eigenvalue weighted by molar-refractivity contribution is -0.117. The normalized spacial score (nSPS) is 15.6. The molecule has 1 N–H and O–H groups in total. The molecule has 1 fully saturated rings. The molecule has 0 spiro atoms. The Kier molecular flexibility index (Phi) is 6.17. The number of carbonyl (C=O) groups excluding carboxylic acids is 1. The fraction of sp³-hybridized carbons (Fsp3) is 0.435. The average molecular weight is 367 g/mol. The molecule has 0 unspecified atom stereocenters. The van der Waals surface area contributed by atoms with Gasteiger partial charge in [-0.3, -0.25) is 9.69 Å². The Labute approximate surface area is 162 Å². The summed E-state index contributed by atoms with van der Waals surface area (Å²) in [5.74, 6) is 1.04. The lowest BCUT2D eigenvalue weighted by Gasteiger charge is -2.32. The number of hydrogen-bond donors (Lipinski definition) is 1. The number of nitrogens with zero attached hydrogens (tertiary/aromatic N) is 1. The van der Waals surface area contributed by atoms with Gasteiger partial charge in [0.2, 0.25) is 5.91 Å². The Bertz CT molecular complexity index is 788. The second-order valence-electron chi connectivity index (χ2n) is 7.68. The van der Waals surface area contributed by atoms with Gasteiger partial charge < -0.3 is 10.1 Å². The van der Waals surface area contributed by atoms with Crippen molar-refractivity contribution in [2.24, 2.45) is 0 Å². The van der Waals surface area contributed by atoms with Crippen LogP contribution in [-0.4, -0.2) is 36.5 Å². The van der Waals surface area contributed by atoms with E-state index in [-0.39, 0.29) is 12.0 Å². The fourth-order valence-electron chi connectivity index (χ4n) is 3.59. The summed E-state index contributed by atoms with van der Waals surface area (Å²) in [6.45, 7) is 10.4. The number of anilines is 1. The van der Waals surface area contributed by atoms with Gasteiger partial charge in [0.1, 0.15) is 11.9 Å². The second-order valence-corrected chi connectivity index (χ2v) is 7.68. The minimum atomic E-state index is 0.0568. The maximum absolute atomic E-state index is 12.5. The third-order valence-corrected chi connectivity index (χ3v) is 5.28. The van der Waals surface area contributed by atoms with E-state index in [2.05, 4.69) is 42.3 Å². The van der Waals surface area contributed by atoms with Crippen molar-refractivity contribution < 1.29 is 9.53 Å². The van der Waals surface area contributed by atoms with Crippen molar-refractivity contribution in [2.45, 2.75) is 46.6 Å². The van der Waals surface area contributed by atoms with E-state index in [4.69, 9.17) is 4.74 Å². The van der Waals surface area contributed by atoms with Crippen molar-refractivity contribution in [3.05, 3.63) is 58.7 Å². The molecule has 0 aromatic heterocycles. The molecule has 0 radical (unpaired) electrons. The SMILES string of the molecule is Cc1ccc(C)c(OC2CCN(CC(=O)Nc3c(C)cccc3C)CC2)c1. The summed E-state index contributed by atoms with van der Waals surface area (Å²) in [5, 5.41) is 3.08. The minimum Gasteiger partial charge on any atom is -0.490 e. The average Bonchev–Trinajstić information content (AvgIpc) is 2.63. The Morgan fingerprint density at radius 1 is 1.04 bits per heavy atom. The first-order chi connectivity index (χ1) is 12.9. The third-order valence-electron chi connectivity index (χ3n) is 5.28. The summed E-state index contributed by atoms with van der Waals surface area (Å²) in [7, 11) is 0. The van der Waals surface area contributed by atoms with Gasteiger partial charge in [-0.2, -0.15) is 0 Å². The topological polar surface area (TPSA) is 41.6 Å². The number of ether oxygens (including phenoxy) is 1. The van der Waals surface area contributed by atoms with E-state index in [1.165, 1.54) is 11.1 Å². The zero-order chi connectivity index (χ0) is 19.4. The number of piperidine rings is 1. The minimum absolute atomic E-state index is 0.0568. The van der Waals surface area contributed by atoms with E-state index in [1.807, 2.05) is 32.0 Å². The molecule has 1 heterocycles. The van der Waals surface area contributed by atoms with E-state index in [0.717, 1.165) is 48.5 Å². The molecule has 2 aromatic rings. The highest BCUT2D eigenvalue weighted by Crippen LogP contribution is 2.24. The van der Waals surface area contributed by atoms with Crippen molar-refractivity contribution in [1.29, 1.82) is 0 Å². The molecule has 4 nitrogen and oxygen atoms in total. The molecule has 0 atom stereocenters. The largest absolute Gasteiger partial charge is 0.490 e. The van der Waals surface area contributed by atoms with Crippen molar-refractivity contribution in [3.8, 4) is 5.75 Å². The summed E-state index contributed by atoms with van der Waals surface area (Å²) in [4.78, 5) is 14.7. The van der Waals surface area contributed by atoms with Crippen molar-refractivity contribution in [2.75, 3.05) is 25.0 Å². The van der Waals surface area contributed by atoms with Gasteiger partial charge in [-0.25, -0.2) is 0 Å². The molecule has 4 heteroatoms. The fourth-order valence-corrected chi connectivity index (χ4v) is 3.59. The molecule has 1 amide bonds. The number of rotatable bonds is 5. The third kappa shape index (κ3) is 5.10. The van der Waals surface area contributed by atoms with Crippen molar-refractivity contribution >= 4 is 11.6 Å². The number of amides is 1. The first-order valence-electron chi connectivity index (χ1n) is 9.74. The number of carbonyl (C=O) groups is 1. The number of para-hydroxylation sites is 1. The highest BCUT2D eigenvalue weighted by atomic mass is 16.5. The number of likely N-dealkylation sites (tertiary alicyclic amines) is 1. The smallest absolute Gasteiger partial charge is 0.238 e. The summed E-state index contributed by atoms with van der Waals surface area (Å²) in [6, 6.07) is 12.4. The number of benzene rings is 2. The summed E-state index contributed by atoms with van der Waals surface area (Å²) < 4.78 is 6.22. The van der Waals surface area contributed by atoms with E-state index < -0.39 is 0 Å². The predicted octanol–water partition coefficient (Wildman–Crippen LogP) is 4.40. The highest BCUT2D eigenvalue weighted by Gasteiger charge is 2.23. The van der Waals surface area contributed by atoms with Gasteiger partial charge in [0.15, 0.2) is 0 Å². The molecule has 144 valence electrons. The molecule has 1 aliphatic heterocycles. The number of aryl methyl sites for hydroxylation is 4. The maximum atomic E-state index is 12.5. The molecule has 0 aliphatic carbocycles. The second kappa shape index (κ2) is 8.57. The molecular formula is C23H30N2O2. The highest BCUT2D eigenvalue weighted by molar-refractivity contribution is 5.93. The van der Waals surface area contributed by atoms with Crippen LogP contribution in [0.2, 0.25) is 0 Å². The summed E-state index contributed by atoms with van der Waals surface area (Å²) in [5.41, 5.74) is 5.54. The van der Waals surface area contributed by atoms with E-state index >= 15 is 0 Å². The predicted molar refractivity (Wildman–Crippen MR) is 111 cm³/mol. The summed E-state index contributed by atoms with van der Waals surface area (Å²) in [6.07, 6.45) is 2.12. The van der Waals surface area contributed by atoms with Gasteiger partial charge in [-0.1, -0.05) is 30.3 Å². The van der Waals surface area contributed by atoms with Crippen LogP contribution in [0.4, 0.5) is 5.69 Å². The molecule has 0 saturated carbocycles. The molecule has 1 aliphatic rings. The van der Waals surface area contributed by atoms with Gasteiger partial charge in [0.05, 0.1) is 6.54 Å². The van der Waals surface area contributed by atoms with Crippen LogP contribution in [0.25, 0.3) is 0 Å². The number of nitrogens with one attached hydrogen (secondary N) is 1. The van der Waals surface area contributed by atoms with E-state index in [1.54, 1.807) is 0 Å². The molecule has 2 aromatic carbocycles. The van der Waals surface area contributed by atoms with E-state index in [9.17, 15) is 4.79 Å². The number of hydrogen-bond acceptors (Lipinski definition) is 3. The Morgan fingerprint density at radius 2 is 1.70 bits per heavy atom. The van der Waals surface area contributed by atoms with Crippen molar-refractivity contribution in [1.82, 2.24) is 4.90 Å². The van der Waals surface area contributed by atoms with Gasteiger partial charge >= 0.3 is 0 Å². The van der Waals surface area contributed by atoms with Crippen LogP contribution in [0.3, 0.4) is 0 Å². The first kappa shape index (κ1) is 19.4. The van der Waals surface area contributed by atoms with Crippen LogP contribution < -0.4 is 10.1 Å². The zero-order valence-corrected chi connectivity index (χ0v) is 16.8. The monoisotopic (exact) mass is 366 g/mol. The molecule has 27 heavy (non-hydrogen) atoms. The zero-order valence-electron chi connectivity index (χ0n) is 16.8. The maximum Gasteiger partial charge on any atom is 0.238 e. The quantitative estimate of drug-likeness (QED) is 0.853. The lowest BCUT2D eigenvalue weighted by Crippen LogP contribution is -2.42.